The fourth-order valence-electron chi connectivity index (χ4n) is 3.10. The maximum atomic E-state index is 10.8. The minimum Gasteiger partial charge on any atom is -0.494 e. The summed E-state index contributed by atoms with van der Waals surface area (Å²) in [5, 5.41) is 0. The molecule has 2 unspecified atom stereocenters. The van der Waals surface area contributed by atoms with Gasteiger partial charge in [-0.25, -0.2) is 0 Å². The highest BCUT2D eigenvalue weighted by Gasteiger charge is 2.60. The van der Waals surface area contributed by atoms with Crippen molar-refractivity contribution >= 4 is 6.41 Å². The maximum absolute atomic E-state index is 10.8. The van der Waals surface area contributed by atoms with Gasteiger partial charge in [0, 0.05) is 18.5 Å². The largest absolute Gasteiger partial charge is 0.494 e. The number of rotatable bonds is 4. The molecule has 1 aromatic rings. The van der Waals surface area contributed by atoms with E-state index in [-0.39, 0.29) is 5.41 Å². The van der Waals surface area contributed by atoms with Gasteiger partial charge in [-0.1, -0.05) is 12.1 Å². The molecule has 1 aromatic carbocycles. The van der Waals surface area contributed by atoms with Crippen LogP contribution >= 0.6 is 0 Å². The van der Waals surface area contributed by atoms with Crippen molar-refractivity contribution in [3.63, 3.8) is 0 Å². The van der Waals surface area contributed by atoms with Gasteiger partial charge in [0.15, 0.2) is 0 Å². The molecule has 1 heterocycles. The fourth-order valence-corrected chi connectivity index (χ4v) is 3.10. The highest BCUT2D eigenvalue weighted by Crippen LogP contribution is 2.58. The van der Waals surface area contributed by atoms with Crippen molar-refractivity contribution < 1.29 is 9.53 Å². The summed E-state index contributed by atoms with van der Waals surface area (Å²) in [6, 6.07) is 8.37. The van der Waals surface area contributed by atoms with E-state index in [9.17, 15) is 4.79 Å². The second kappa shape index (κ2) is 3.76. The second-order valence-corrected chi connectivity index (χ2v) is 5.05. The van der Waals surface area contributed by atoms with Crippen LogP contribution in [0.5, 0.6) is 5.75 Å². The molecule has 0 aromatic heterocycles. The molecule has 2 fully saturated rings. The van der Waals surface area contributed by atoms with E-state index in [0.29, 0.717) is 12.5 Å². The van der Waals surface area contributed by atoms with Gasteiger partial charge in [-0.15, -0.1) is 0 Å². The Hall–Kier alpha value is -1.51. The Morgan fingerprint density at radius 1 is 1.47 bits per heavy atom. The fraction of sp³-hybridized carbons (Fsp3) is 0.500. The molecule has 1 aliphatic carbocycles. The SMILES string of the molecule is CCOc1ccc(C23CC2CN(C=O)C3)cc1. The van der Waals surface area contributed by atoms with E-state index in [1.165, 1.54) is 12.0 Å². The van der Waals surface area contributed by atoms with E-state index in [1.807, 2.05) is 24.0 Å². The van der Waals surface area contributed by atoms with Gasteiger partial charge >= 0.3 is 0 Å². The van der Waals surface area contributed by atoms with Gasteiger partial charge in [-0.05, 0) is 37.0 Å². The average Bonchev–Trinajstić information content (AvgIpc) is 2.93. The van der Waals surface area contributed by atoms with Crippen LogP contribution < -0.4 is 4.74 Å². The molecule has 1 aliphatic heterocycles. The average molecular weight is 231 g/mol. The Morgan fingerprint density at radius 2 is 2.24 bits per heavy atom. The smallest absolute Gasteiger partial charge is 0.209 e. The zero-order chi connectivity index (χ0) is 11.9. The van der Waals surface area contributed by atoms with Gasteiger partial charge in [0.25, 0.3) is 0 Å². The summed E-state index contributed by atoms with van der Waals surface area (Å²) in [6.45, 7) is 4.50. The molecular weight excluding hydrogens is 214 g/mol. The molecular formula is C14H17NO2. The van der Waals surface area contributed by atoms with Gasteiger partial charge < -0.3 is 9.64 Å². The number of hydrogen-bond donors (Lipinski definition) is 0. The number of carbonyl (C=O) groups excluding carboxylic acids is 1. The number of ether oxygens (including phenoxy) is 1. The predicted octanol–water partition coefficient (Wildman–Crippen LogP) is 1.81. The van der Waals surface area contributed by atoms with Crippen LogP contribution in [0.1, 0.15) is 18.9 Å². The van der Waals surface area contributed by atoms with Crippen molar-refractivity contribution in [1.29, 1.82) is 0 Å². The molecule has 90 valence electrons. The number of fused-ring (bicyclic) bond motifs is 1. The number of benzene rings is 1. The lowest BCUT2D eigenvalue weighted by molar-refractivity contribution is -0.117. The van der Waals surface area contributed by atoms with Crippen molar-refractivity contribution in [2.45, 2.75) is 18.8 Å². The van der Waals surface area contributed by atoms with Crippen molar-refractivity contribution in [3.8, 4) is 5.75 Å². The first kappa shape index (κ1) is 10.6. The van der Waals surface area contributed by atoms with Crippen molar-refractivity contribution in [3.05, 3.63) is 29.8 Å². The van der Waals surface area contributed by atoms with Crippen LogP contribution in [-0.2, 0) is 10.2 Å². The number of nitrogens with zero attached hydrogens (tertiary/aromatic N) is 1. The Labute approximate surface area is 101 Å². The Morgan fingerprint density at radius 3 is 2.82 bits per heavy atom. The highest BCUT2D eigenvalue weighted by atomic mass is 16.5. The van der Waals surface area contributed by atoms with E-state index in [4.69, 9.17) is 4.74 Å². The van der Waals surface area contributed by atoms with Crippen molar-refractivity contribution in [2.24, 2.45) is 5.92 Å². The Bertz CT molecular complexity index is 428. The zero-order valence-corrected chi connectivity index (χ0v) is 10.1. The van der Waals surface area contributed by atoms with Gasteiger partial charge in [-0.2, -0.15) is 0 Å². The lowest BCUT2D eigenvalue weighted by Crippen LogP contribution is -2.24. The molecule has 0 bridgehead atoms. The molecule has 0 radical (unpaired) electrons. The summed E-state index contributed by atoms with van der Waals surface area (Å²) < 4.78 is 5.45. The first-order valence-electron chi connectivity index (χ1n) is 6.21. The monoisotopic (exact) mass is 231 g/mol. The van der Waals surface area contributed by atoms with E-state index in [2.05, 4.69) is 12.1 Å². The normalized spacial score (nSPS) is 29.9. The van der Waals surface area contributed by atoms with E-state index in [1.54, 1.807) is 0 Å². The third-order valence-corrected chi connectivity index (χ3v) is 4.06. The molecule has 3 rings (SSSR count). The molecule has 0 spiro atoms. The molecule has 1 amide bonds. The molecule has 1 saturated carbocycles. The molecule has 3 heteroatoms. The first-order valence-corrected chi connectivity index (χ1v) is 6.21. The molecule has 2 aliphatic rings. The summed E-state index contributed by atoms with van der Waals surface area (Å²) in [5.74, 6) is 1.60. The maximum Gasteiger partial charge on any atom is 0.209 e. The lowest BCUT2D eigenvalue weighted by Gasteiger charge is -2.17. The Balaban J connectivity index is 1.79. The molecule has 3 nitrogen and oxygen atoms in total. The summed E-state index contributed by atoms with van der Waals surface area (Å²) in [7, 11) is 0. The third kappa shape index (κ3) is 1.61. The van der Waals surface area contributed by atoms with Crippen LogP contribution in [0, 0.1) is 5.92 Å². The zero-order valence-electron chi connectivity index (χ0n) is 10.1. The topological polar surface area (TPSA) is 29.5 Å². The standard InChI is InChI=1S/C14H17NO2/c1-2-17-13-5-3-11(4-6-13)14-7-12(14)8-15(9-14)10-16/h3-6,10,12H,2,7-9H2,1H3. The van der Waals surface area contributed by atoms with Crippen LogP contribution in [0.3, 0.4) is 0 Å². The first-order chi connectivity index (χ1) is 8.28. The third-order valence-electron chi connectivity index (χ3n) is 4.06. The highest BCUT2D eigenvalue weighted by molar-refractivity contribution is 5.52. The number of amides is 1. The van der Waals surface area contributed by atoms with Crippen LogP contribution in [0.2, 0.25) is 0 Å². The number of carbonyl (C=O) groups is 1. The molecule has 2 atom stereocenters. The van der Waals surface area contributed by atoms with Crippen molar-refractivity contribution in [2.75, 3.05) is 19.7 Å². The van der Waals surface area contributed by atoms with E-state index >= 15 is 0 Å². The van der Waals surface area contributed by atoms with Gasteiger partial charge in [0.2, 0.25) is 6.41 Å². The number of hydrogen-bond acceptors (Lipinski definition) is 2. The van der Waals surface area contributed by atoms with Crippen LogP contribution in [0.4, 0.5) is 0 Å². The predicted molar refractivity (Wildman–Crippen MR) is 65.0 cm³/mol. The van der Waals surface area contributed by atoms with Gasteiger partial charge in [0.1, 0.15) is 5.75 Å². The van der Waals surface area contributed by atoms with E-state index < -0.39 is 0 Å². The van der Waals surface area contributed by atoms with Gasteiger partial charge in [0.05, 0.1) is 6.61 Å². The minimum atomic E-state index is 0.256. The van der Waals surface area contributed by atoms with E-state index in [0.717, 1.165) is 25.2 Å². The Kier molecular flexibility index (Phi) is 2.35. The quantitative estimate of drug-likeness (QED) is 0.740. The summed E-state index contributed by atoms with van der Waals surface area (Å²) in [5.41, 5.74) is 1.61. The lowest BCUT2D eigenvalue weighted by atomic mass is 9.95. The number of piperidine rings is 1. The minimum absolute atomic E-state index is 0.256. The summed E-state index contributed by atoms with van der Waals surface area (Å²) in [4.78, 5) is 12.7. The summed E-state index contributed by atoms with van der Waals surface area (Å²) >= 11 is 0. The van der Waals surface area contributed by atoms with Crippen LogP contribution in [0.15, 0.2) is 24.3 Å². The molecule has 17 heavy (non-hydrogen) atoms. The second-order valence-electron chi connectivity index (χ2n) is 5.05. The van der Waals surface area contributed by atoms with Gasteiger partial charge in [-0.3, -0.25) is 4.79 Å². The molecule has 0 N–H and O–H groups in total. The molecule has 1 saturated heterocycles. The number of likely N-dealkylation sites (tertiary alicyclic amines) is 1. The van der Waals surface area contributed by atoms with Crippen LogP contribution in [-0.4, -0.2) is 31.0 Å². The summed E-state index contributed by atoms with van der Waals surface area (Å²) in [6.07, 6.45) is 2.20. The van der Waals surface area contributed by atoms with Crippen LogP contribution in [0.25, 0.3) is 0 Å². The van der Waals surface area contributed by atoms with Crippen molar-refractivity contribution in [1.82, 2.24) is 4.90 Å².